The van der Waals surface area contributed by atoms with Gasteiger partial charge in [-0.25, -0.2) is 9.78 Å². The first kappa shape index (κ1) is 13.0. The number of aryl methyl sites for hydroxylation is 2. The summed E-state index contributed by atoms with van der Waals surface area (Å²) in [6.45, 7) is 1.93. The van der Waals surface area contributed by atoms with E-state index >= 15 is 0 Å². The third-order valence-electron chi connectivity index (χ3n) is 2.99. The maximum absolute atomic E-state index is 11.3. The van der Waals surface area contributed by atoms with Crippen molar-refractivity contribution in [3.63, 3.8) is 0 Å². The Morgan fingerprint density at radius 1 is 1.48 bits per heavy atom. The molecular weight excluding hydrogens is 276 g/mol. The molecule has 2 N–H and O–H groups in total. The van der Waals surface area contributed by atoms with Crippen molar-refractivity contribution in [3.05, 3.63) is 29.7 Å². The lowest BCUT2D eigenvalue weighted by Gasteiger charge is -2.08. The van der Waals surface area contributed by atoms with Crippen molar-refractivity contribution in [1.82, 2.24) is 24.9 Å². The van der Waals surface area contributed by atoms with E-state index in [1.54, 1.807) is 24.9 Å². The van der Waals surface area contributed by atoms with E-state index < -0.39 is 5.97 Å². The molecule has 21 heavy (non-hydrogen) atoms. The zero-order valence-electron chi connectivity index (χ0n) is 11.4. The molecule has 0 spiro atoms. The number of aromatic nitrogens is 5. The predicted octanol–water partition coefficient (Wildman–Crippen LogP) is 0.970. The number of fused-ring (bicyclic) bond motifs is 1. The highest BCUT2D eigenvalue weighted by Crippen LogP contribution is 2.25. The predicted molar refractivity (Wildman–Crippen MR) is 71.8 cm³/mol. The van der Waals surface area contributed by atoms with Crippen LogP contribution in [0.2, 0.25) is 0 Å². The molecule has 0 aliphatic heterocycles. The van der Waals surface area contributed by atoms with Crippen LogP contribution in [0.15, 0.2) is 16.9 Å². The molecule has 3 aromatic rings. The maximum atomic E-state index is 11.3. The van der Waals surface area contributed by atoms with Crippen molar-refractivity contribution in [2.45, 2.75) is 13.5 Å². The van der Waals surface area contributed by atoms with Gasteiger partial charge in [-0.1, -0.05) is 5.16 Å². The van der Waals surface area contributed by atoms with E-state index in [-0.39, 0.29) is 12.1 Å². The molecule has 108 valence electrons. The van der Waals surface area contributed by atoms with Crippen LogP contribution in [0.3, 0.4) is 0 Å². The van der Waals surface area contributed by atoms with Crippen molar-refractivity contribution in [3.8, 4) is 0 Å². The highest BCUT2D eigenvalue weighted by atomic mass is 16.5. The number of hydrogen-bond donors (Lipinski definition) is 2. The third-order valence-corrected chi connectivity index (χ3v) is 2.99. The molecular formula is C12H12N6O3. The molecule has 0 unspecified atom stereocenters. The molecule has 9 nitrogen and oxygen atoms in total. The van der Waals surface area contributed by atoms with Gasteiger partial charge in [-0.15, -0.1) is 0 Å². The zero-order chi connectivity index (χ0) is 15.0. The minimum atomic E-state index is -1.07. The van der Waals surface area contributed by atoms with Crippen molar-refractivity contribution >= 4 is 22.7 Å². The number of carboxylic acids is 1. The number of carboxylic acid groups (broad SMARTS) is 1. The Labute approximate surface area is 118 Å². The van der Waals surface area contributed by atoms with Gasteiger partial charge in [0.15, 0.2) is 11.5 Å². The van der Waals surface area contributed by atoms with E-state index in [0.717, 1.165) is 0 Å². The molecule has 0 saturated carbocycles. The van der Waals surface area contributed by atoms with Crippen LogP contribution < -0.4 is 5.32 Å². The number of anilines is 1. The van der Waals surface area contributed by atoms with Gasteiger partial charge in [0.25, 0.3) is 0 Å². The molecule has 0 radical (unpaired) electrons. The van der Waals surface area contributed by atoms with Crippen LogP contribution in [-0.4, -0.2) is 36.0 Å². The van der Waals surface area contributed by atoms with Crippen LogP contribution in [0.1, 0.15) is 22.1 Å². The second-order valence-corrected chi connectivity index (χ2v) is 4.44. The lowest BCUT2D eigenvalue weighted by atomic mass is 10.2. The molecule has 3 aromatic heterocycles. The number of nitrogens with one attached hydrogen (secondary N) is 1. The Morgan fingerprint density at radius 2 is 2.29 bits per heavy atom. The van der Waals surface area contributed by atoms with Gasteiger partial charge in [0, 0.05) is 20.2 Å². The summed E-state index contributed by atoms with van der Waals surface area (Å²) in [5.74, 6) is -0.177. The Hall–Kier alpha value is -2.97. The topological polar surface area (TPSA) is 119 Å². The number of pyridine rings is 1. The normalized spacial score (nSPS) is 11.0. The second-order valence-electron chi connectivity index (χ2n) is 4.44. The van der Waals surface area contributed by atoms with Crippen LogP contribution in [0, 0.1) is 6.92 Å². The smallest absolute Gasteiger partial charge is 0.339 e. The van der Waals surface area contributed by atoms with Crippen LogP contribution in [-0.2, 0) is 13.6 Å². The number of nitrogens with zero attached hydrogens (tertiary/aromatic N) is 5. The second kappa shape index (κ2) is 4.85. The SMILES string of the molecule is Cc1nc(CNc2c(C(=O)O)cnc3c2cnn3C)no1. The third kappa shape index (κ3) is 2.29. The molecule has 0 amide bonds. The summed E-state index contributed by atoms with van der Waals surface area (Å²) in [6, 6.07) is 0. The summed E-state index contributed by atoms with van der Waals surface area (Å²) in [5.41, 5.74) is 1.09. The molecule has 3 heterocycles. The molecule has 0 atom stereocenters. The van der Waals surface area contributed by atoms with E-state index in [0.29, 0.717) is 28.4 Å². The number of rotatable bonds is 4. The van der Waals surface area contributed by atoms with Crippen LogP contribution in [0.25, 0.3) is 11.0 Å². The molecule has 0 bridgehead atoms. The van der Waals surface area contributed by atoms with E-state index in [4.69, 9.17) is 4.52 Å². The molecule has 3 rings (SSSR count). The molecule has 0 fully saturated rings. The van der Waals surface area contributed by atoms with Gasteiger partial charge in [-0.05, 0) is 0 Å². The highest BCUT2D eigenvalue weighted by molar-refractivity contribution is 6.03. The Kier molecular flexibility index (Phi) is 3.01. The lowest BCUT2D eigenvalue weighted by molar-refractivity contribution is 0.0697. The summed E-state index contributed by atoms with van der Waals surface area (Å²) in [7, 11) is 1.74. The van der Waals surface area contributed by atoms with Gasteiger partial charge in [0.2, 0.25) is 5.89 Å². The van der Waals surface area contributed by atoms with Crippen molar-refractivity contribution < 1.29 is 14.4 Å². The van der Waals surface area contributed by atoms with Crippen molar-refractivity contribution in [2.75, 3.05) is 5.32 Å². The zero-order valence-corrected chi connectivity index (χ0v) is 11.4. The average molecular weight is 288 g/mol. The molecule has 0 aromatic carbocycles. The summed E-state index contributed by atoms with van der Waals surface area (Å²) in [6.07, 6.45) is 2.87. The Morgan fingerprint density at radius 3 is 2.95 bits per heavy atom. The standard InChI is InChI=1S/C12H12N6O3/c1-6-16-9(17-21-6)5-13-10-7-4-15-18(2)11(7)14-3-8(10)12(19)20/h3-4H,5H2,1-2H3,(H,13,14)(H,19,20). The van der Waals surface area contributed by atoms with Crippen LogP contribution in [0.5, 0.6) is 0 Å². The minimum absolute atomic E-state index is 0.0655. The molecule has 9 heteroatoms. The van der Waals surface area contributed by atoms with Gasteiger partial charge >= 0.3 is 5.97 Å². The molecule has 0 aliphatic rings. The summed E-state index contributed by atoms with van der Waals surface area (Å²) < 4.78 is 6.45. The minimum Gasteiger partial charge on any atom is -0.478 e. The quantitative estimate of drug-likeness (QED) is 0.728. The van der Waals surface area contributed by atoms with Gasteiger partial charge in [-0.2, -0.15) is 10.1 Å². The largest absolute Gasteiger partial charge is 0.478 e. The van der Waals surface area contributed by atoms with Crippen molar-refractivity contribution in [1.29, 1.82) is 0 Å². The Bertz CT molecular complexity index is 822. The fourth-order valence-electron chi connectivity index (χ4n) is 2.03. The fourth-order valence-corrected chi connectivity index (χ4v) is 2.03. The summed E-state index contributed by atoms with van der Waals surface area (Å²) >= 11 is 0. The first-order valence-corrected chi connectivity index (χ1v) is 6.13. The maximum Gasteiger partial charge on any atom is 0.339 e. The number of hydrogen-bond acceptors (Lipinski definition) is 7. The number of carbonyl (C=O) groups is 1. The van der Waals surface area contributed by atoms with E-state index in [2.05, 4.69) is 25.5 Å². The van der Waals surface area contributed by atoms with Crippen LogP contribution in [0.4, 0.5) is 5.69 Å². The summed E-state index contributed by atoms with van der Waals surface area (Å²) in [4.78, 5) is 19.5. The van der Waals surface area contributed by atoms with Crippen molar-refractivity contribution in [2.24, 2.45) is 7.05 Å². The monoisotopic (exact) mass is 288 g/mol. The van der Waals surface area contributed by atoms with Crippen LogP contribution >= 0.6 is 0 Å². The first-order chi connectivity index (χ1) is 10.1. The van der Waals surface area contributed by atoms with E-state index in [1.807, 2.05) is 0 Å². The Balaban J connectivity index is 2.01. The van der Waals surface area contributed by atoms with E-state index in [9.17, 15) is 9.90 Å². The van der Waals surface area contributed by atoms with E-state index in [1.165, 1.54) is 6.20 Å². The van der Waals surface area contributed by atoms with Gasteiger partial charge in [0.05, 0.1) is 23.8 Å². The molecule has 0 aliphatic carbocycles. The fraction of sp³-hybridized carbons (Fsp3) is 0.250. The average Bonchev–Trinajstić information content (AvgIpc) is 3.03. The molecule has 0 saturated heterocycles. The highest BCUT2D eigenvalue weighted by Gasteiger charge is 2.17. The summed E-state index contributed by atoms with van der Waals surface area (Å²) in [5, 5.41) is 20.8. The number of aromatic carboxylic acids is 1. The van der Waals surface area contributed by atoms with Gasteiger partial charge < -0.3 is 14.9 Å². The lowest BCUT2D eigenvalue weighted by Crippen LogP contribution is -2.09. The first-order valence-electron chi connectivity index (χ1n) is 6.13. The van der Waals surface area contributed by atoms with Gasteiger partial charge in [-0.3, -0.25) is 4.68 Å². The van der Waals surface area contributed by atoms with Gasteiger partial charge in [0.1, 0.15) is 5.56 Å².